The minimum absolute atomic E-state index is 0.00698. The summed E-state index contributed by atoms with van der Waals surface area (Å²) in [7, 11) is -3.93. The molecular formula is C16H23NO5S. The van der Waals surface area contributed by atoms with Crippen LogP contribution in [0.15, 0.2) is 18.2 Å². The van der Waals surface area contributed by atoms with Gasteiger partial charge in [0.05, 0.1) is 12.7 Å². The number of rotatable bonds is 4. The molecule has 0 radical (unpaired) electrons. The number of nitrogens with two attached hydrogens (primary N) is 1. The van der Waals surface area contributed by atoms with Gasteiger partial charge in [-0.2, -0.15) is 8.42 Å². The van der Waals surface area contributed by atoms with E-state index in [1.165, 1.54) is 6.42 Å². The SMILES string of the molecule is Cc1cccc2c1OC1(CCCCC1)OC2CCOS(N)(=O)=O. The van der Waals surface area contributed by atoms with Gasteiger partial charge in [0.2, 0.25) is 5.79 Å². The van der Waals surface area contributed by atoms with Crippen molar-refractivity contribution >= 4 is 10.3 Å². The Morgan fingerprint density at radius 2 is 2.04 bits per heavy atom. The van der Waals surface area contributed by atoms with Crippen LogP contribution in [0.25, 0.3) is 0 Å². The van der Waals surface area contributed by atoms with Crippen molar-refractivity contribution in [2.24, 2.45) is 5.14 Å². The van der Waals surface area contributed by atoms with Crippen molar-refractivity contribution in [3.05, 3.63) is 29.3 Å². The van der Waals surface area contributed by atoms with Crippen LogP contribution in [0.3, 0.4) is 0 Å². The number of fused-ring (bicyclic) bond motifs is 1. The zero-order valence-corrected chi connectivity index (χ0v) is 14.1. The third-order valence-corrected chi connectivity index (χ3v) is 4.97. The molecule has 1 saturated carbocycles. The molecule has 2 aliphatic rings. The summed E-state index contributed by atoms with van der Waals surface area (Å²) in [6.45, 7) is 2.01. The molecule has 0 bridgehead atoms. The summed E-state index contributed by atoms with van der Waals surface area (Å²) in [5.41, 5.74) is 2.01. The molecule has 2 N–H and O–H groups in total. The number of hydrogen-bond acceptors (Lipinski definition) is 5. The first-order chi connectivity index (χ1) is 10.9. The first-order valence-corrected chi connectivity index (χ1v) is 9.49. The number of benzene rings is 1. The van der Waals surface area contributed by atoms with Gasteiger partial charge in [-0.1, -0.05) is 24.6 Å². The zero-order valence-electron chi connectivity index (χ0n) is 13.3. The Bertz CT molecular complexity index is 667. The predicted octanol–water partition coefficient (Wildman–Crippen LogP) is 2.72. The molecule has 1 aliphatic heterocycles. The van der Waals surface area contributed by atoms with Crippen LogP contribution in [-0.2, 0) is 19.2 Å². The van der Waals surface area contributed by atoms with Crippen molar-refractivity contribution in [3.63, 3.8) is 0 Å². The van der Waals surface area contributed by atoms with E-state index in [2.05, 4.69) is 4.18 Å². The summed E-state index contributed by atoms with van der Waals surface area (Å²) < 4.78 is 39.1. The van der Waals surface area contributed by atoms with Crippen LogP contribution in [0.1, 0.15) is 55.8 Å². The molecule has 1 heterocycles. The Morgan fingerprint density at radius 3 is 2.74 bits per heavy atom. The monoisotopic (exact) mass is 341 g/mol. The Hall–Kier alpha value is -1.15. The number of para-hydroxylation sites is 1. The van der Waals surface area contributed by atoms with Gasteiger partial charge in [-0.3, -0.25) is 4.18 Å². The number of ether oxygens (including phenoxy) is 2. The summed E-state index contributed by atoms with van der Waals surface area (Å²) in [6.07, 6.45) is 5.20. The molecule has 0 saturated heterocycles. The van der Waals surface area contributed by atoms with Crippen LogP contribution < -0.4 is 9.88 Å². The predicted molar refractivity (Wildman–Crippen MR) is 85.1 cm³/mol. The molecular weight excluding hydrogens is 318 g/mol. The molecule has 0 amide bonds. The van der Waals surface area contributed by atoms with Crippen LogP contribution in [0.4, 0.5) is 0 Å². The van der Waals surface area contributed by atoms with Crippen molar-refractivity contribution < 1.29 is 22.1 Å². The lowest BCUT2D eigenvalue weighted by Gasteiger charge is -2.44. The number of hydrogen-bond donors (Lipinski definition) is 1. The highest BCUT2D eigenvalue weighted by Crippen LogP contribution is 2.47. The molecule has 128 valence electrons. The first-order valence-electron chi connectivity index (χ1n) is 8.02. The molecule has 1 spiro atoms. The van der Waals surface area contributed by atoms with E-state index < -0.39 is 16.1 Å². The van der Waals surface area contributed by atoms with Gasteiger partial charge in [0.1, 0.15) is 5.75 Å². The zero-order chi connectivity index (χ0) is 16.5. The lowest BCUT2D eigenvalue weighted by atomic mass is 9.91. The third kappa shape index (κ3) is 3.85. The molecule has 0 aromatic heterocycles. The molecule has 1 unspecified atom stereocenters. The van der Waals surface area contributed by atoms with E-state index in [1.807, 2.05) is 25.1 Å². The topological polar surface area (TPSA) is 87.8 Å². The Balaban J connectivity index is 1.84. The van der Waals surface area contributed by atoms with Gasteiger partial charge in [-0.15, -0.1) is 0 Å². The summed E-state index contributed by atoms with van der Waals surface area (Å²) in [5, 5.41) is 4.89. The van der Waals surface area contributed by atoms with Gasteiger partial charge in [0.15, 0.2) is 0 Å². The maximum Gasteiger partial charge on any atom is 0.333 e. The third-order valence-electron chi connectivity index (χ3n) is 4.48. The van der Waals surface area contributed by atoms with Gasteiger partial charge in [-0.05, 0) is 25.3 Å². The van der Waals surface area contributed by atoms with Crippen molar-refractivity contribution in [1.82, 2.24) is 0 Å². The lowest BCUT2D eigenvalue weighted by Crippen LogP contribution is -2.45. The highest BCUT2D eigenvalue weighted by atomic mass is 32.2. The fourth-order valence-electron chi connectivity index (χ4n) is 3.40. The molecule has 1 aromatic rings. The van der Waals surface area contributed by atoms with Crippen LogP contribution >= 0.6 is 0 Å². The molecule has 1 aliphatic carbocycles. The maximum atomic E-state index is 11.0. The molecule has 3 rings (SSSR count). The van der Waals surface area contributed by atoms with Gasteiger partial charge in [-0.25, -0.2) is 5.14 Å². The largest absolute Gasteiger partial charge is 0.462 e. The van der Waals surface area contributed by atoms with Gasteiger partial charge in [0, 0.05) is 24.8 Å². The van der Waals surface area contributed by atoms with E-state index >= 15 is 0 Å². The Kier molecular flexibility index (Phi) is 4.64. The van der Waals surface area contributed by atoms with Crippen molar-refractivity contribution in [3.8, 4) is 5.75 Å². The standard InChI is InChI=1S/C16H23NO5S/c1-12-6-5-7-13-14(8-11-20-23(17,18)19)21-16(22-15(12)13)9-3-2-4-10-16/h5-7,14H,2-4,8-11H2,1H3,(H2,17,18,19). The van der Waals surface area contributed by atoms with Crippen molar-refractivity contribution in [2.75, 3.05) is 6.61 Å². The Morgan fingerprint density at radius 1 is 1.30 bits per heavy atom. The molecule has 1 fully saturated rings. The number of aryl methyl sites for hydroxylation is 1. The minimum Gasteiger partial charge on any atom is -0.462 e. The minimum atomic E-state index is -3.93. The maximum absolute atomic E-state index is 11.0. The second-order valence-corrected chi connectivity index (χ2v) is 7.50. The highest BCUT2D eigenvalue weighted by molar-refractivity contribution is 7.84. The fraction of sp³-hybridized carbons (Fsp3) is 0.625. The summed E-state index contributed by atoms with van der Waals surface area (Å²) >= 11 is 0. The quantitative estimate of drug-likeness (QED) is 0.910. The molecule has 1 atom stereocenters. The van der Waals surface area contributed by atoms with E-state index in [0.29, 0.717) is 6.42 Å². The van der Waals surface area contributed by atoms with E-state index in [1.54, 1.807) is 0 Å². The summed E-state index contributed by atoms with van der Waals surface area (Å²) in [6, 6.07) is 5.92. The average Bonchev–Trinajstić information content (AvgIpc) is 2.48. The summed E-state index contributed by atoms with van der Waals surface area (Å²) in [4.78, 5) is 0. The van der Waals surface area contributed by atoms with Crippen molar-refractivity contribution in [2.45, 2.75) is 57.3 Å². The molecule has 7 heteroatoms. The Labute approximate surface area is 137 Å². The van der Waals surface area contributed by atoms with Crippen molar-refractivity contribution in [1.29, 1.82) is 0 Å². The second kappa shape index (κ2) is 6.39. The smallest absolute Gasteiger partial charge is 0.333 e. The molecule has 23 heavy (non-hydrogen) atoms. The second-order valence-electron chi connectivity index (χ2n) is 6.28. The first kappa shape index (κ1) is 16.7. The van der Waals surface area contributed by atoms with E-state index in [4.69, 9.17) is 14.6 Å². The van der Waals surface area contributed by atoms with Gasteiger partial charge in [0.25, 0.3) is 0 Å². The summed E-state index contributed by atoms with van der Waals surface area (Å²) in [5.74, 6) is 0.269. The van der Waals surface area contributed by atoms with Crippen LogP contribution in [0.2, 0.25) is 0 Å². The van der Waals surface area contributed by atoms with Crippen LogP contribution in [0.5, 0.6) is 5.75 Å². The fourth-order valence-corrected chi connectivity index (χ4v) is 3.73. The van der Waals surface area contributed by atoms with Gasteiger partial charge >= 0.3 is 10.3 Å². The van der Waals surface area contributed by atoms with E-state index in [9.17, 15) is 8.42 Å². The van der Waals surface area contributed by atoms with Gasteiger partial charge < -0.3 is 9.47 Å². The molecule has 1 aromatic carbocycles. The highest BCUT2D eigenvalue weighted by Gasteiger charge is 2.43. The lowest BCUT2D eigenvalue weighted by molar-refractivity contribution is -0.246. The normalized spacial score (nSPS) is 23.3. The van der Waals surface area contributed by atoms with Crippen LogP contribution in [0, 0.1) is 6.92 Å². The van der Waals surface area contributed by atoms with E-state index in [-0.39, 0.29) is 12.7 Å². The van der Waals surface area contributed by atoms with E-state index in [0.717, 1.165) is 42.6 Å². The average molecular weight is 341 g/mol. The molecule has 6 nitrogen and oxygen atoms in total. The van der Waals surface area contributed by atoms with Crippen LogP contribution in [-0.4, -0.2) is 20.8 Å².